The Hall–Kier alpha value is -2.65. The predicted octanol–water partition coefficient (Wildman–Crippen LogP) is 5.22. The first-order valence-electron chi connectivity index (χ1n) is 14.0. The summed E-state index contributed by atoms with van der Waals surface area (Å²) in [7, 11) is 1.71. The summed E-state index contributed by atoms with van der Waals surface area (Å²) in [5.41, 5.74) is 9.25. The maximum atomic E-state index is 14.0. The number of nitrogens with one attached hydrogen (secondary N) is 4. The van der Waals surface area contributed by atoms with E-state index in [0.29, 0.717) is 42.3 Å². The quantitative estimate of drug-likeness (QED) is 0.209. The molecule has 218 valence electrons. The molecule has 1 atom stereocenters. The van der Waals surface area contributed by atoms with Crippen molar-refractivity contribution in [1.29, 1.82) is 0 Å². The predicted molar refractivity (Wildman–Crippen MR) is 158 cm³/mol. The molecule has 38 heavy (non-hydrogen) atoms. The molecule has 6 N–H and O–H groups in total. The molecule has 0 aromatic heterocycles. The summed E-state index contributed by atoms with van der Waals surface area (Å²) < 4.78 is 27.9. The molecule has 0 bridgehead atoms. The standard InChI is InChI=1S/C25H40F2N6O.2C2H6/c1-5-6-19-11-22(20(13-28)14-29-4)23(25(26)27)12-24(19)31-16-33(18(3)34)10-8-17(2)32-21-7-9-30-15-21;2*1-2/h11-12,14,21,25,29-32H,2,5-10,13,15-16,28H2,1,3-4H3;2*1-2H3/b20-14+;;. The number of nitrogens with zero attached hydrogens (tertiary/aromatic N) is 1. The third-order valence-electron chi connectivity index (χ3n) is 5.97. The van der Waals surface area contributed by atoms with Gasteiger partial charge in [0.25, 0.3) is 6.43 Å². The molecule has 0 aliphatic carbocycles. The molecule has 1 saturated heterocycles. The smallest absolute Gasteiger partial charge is 0.264 e. The molecule has 9 heteroatoms. The average molecular weight is 539 g/mol. The van der Waals surface area contributed by atoms with E-state index in [-0.39, 0.29) is 24.7 Å². The van der Waals surface area contributed by atoms with Crippen molar-refractivity contribution in [2.75, 3.05) is 45.2 Å². The van der Waals surface area contributed by atoms with Crippen LogP contribution in [0.25, 0.3) is 5.57 Å². The minimum absolute atomic E-state index is 0.0774. The lowest BCUT2D eigenvalue weighted by Gasteiger charge is -2.25. The topological polar surface area (TPSA) is 94.4 Å². The van der Waals surface area contributed by atoms with E-state index in [9.17, 15) is 13.6 Å². The van der Waals surface area contributed by atoms with Crippen molar-refractivity contribution >= 4 is 17.2 Å². The van der Waals surface area contributed by atoms with Gasteiger partial charge in [-0.25, -0.2) is 8.78 Å². The molecule has 0 saturated carbocycles. The van der Waals surface area contributed by atoms with Crippen LogP contribution in [0.3, 0.4) is 0 Å². The first-order chi connectivity index (χ1) is 18.3. The fourth-order valence-electron chi connectivity index (χ4n) is 4.12. The summed E-state index contributed by atoms with van der Waals surface area (Å²) in [6, 6.07) is 3.66. The minimum Gasteiger partial charge on any atom is -0.394 e. The molecule has 1 heterocycles. The largest absolute Gasteiger partial charge is 0.394 e. The Morgan fingerprint density at radius 3 is 2.47 bits per heavy atom. The van der Waals surface area contributed by atoms with E-state index < -0.39 is 6.43 Å². The van der Waals surface area contributed by atoms with Crippen LogP contribution in [0.15, 0.2) is 30.6 Å². The van der Waals surface area contributed by atoms with Crippen molar-refractivity contribution in [1.82, 2.24) is 20.9 Å². The number of amides is 1. The van der Waals surface area contributed by atoms with Gasteiger partial charge in [0.15, 0.2) is 0 Å². The molecule has 0 spiro atoms. The number of rotatable bonds is 14. The molecule has 1 aliphatic rings. The van der Waals surface area contributed by atoms with Crippen LogP contribution in [-0.2, 0) is 11.2 Å². The lowest BCUT2D eigenvalue weighted by molar-refractivity contribution is -0.128. The normalized spacial score (nSPS) is 14.6. The molecule has 2 rings (SSSR count). The van der Waals surface area contributed by atoms with Gasteiger partial charge < -0.3 is 31.9 Å². The van der Waals surface area contributed by atoms with Gasteiger partial charge in [0.1, 0.15) is 0 Å². The van der Waals surface area contributed by atoms with Crippen molar-refractivity contribution in [3.63, 3.8) is 0 Å². The number of halogens is 2. The molecule has 1 aliphatic heterocycles. The van der Waals surface area contributed by atoms with Crippen LogP contribution in [0, 0.1) is 0 Å². The highest BCUT2D eigenvalue weighted by Crippen LogP contribution is 2.33. The molecule has 1 amide bonds. The second-order valence-corrected chi connectivity index (χ2v) is 8.61. The van der Waals surface area contributed by atoms with Crippen LogP contribution in [0.1, 0.15) is 83.9 Å². The molecule has 1 unspecified atom stereocenters. The van der Waals surface area contributed by atoms with Gasteiger partial charge in [-0.05, 0) is 48.2 Å². The summed E-state index contributed by atoms with van der Waals surface area (Å²) in [6.45, 7) is 18.4. The van der Waals surface area contributed by atoms with E-state index in [2.05, 4.69) is 27.8 Å². The molecule has 1 aromatic rings. The van der Waals surface area contributed by atoms with Crippen molar-refractivity contribution in [3.05, 3.63) is 47.3 Å². The first kappa shape index (κ1) is 35.4. The van der Waals surface area contributed by atoms with Crippen LogP contribution >= 0.6 is 0 Å². The number of carbonyl (C=O) groups is 1. The van der Waals surface area contributed by atoms with Crippen LogP contribution in [-0.4, -0.2) is 56.7 Å². The van der Waals surface area contributed by atoms with Crippen LogP contribution in [0.5, 0.6) is 0 Å². The number of aryl methyl sites for hydroxylation is 1. The molecule has 1 fully saturated rings. The molecule has 0 radical (unpaired) electrons. The second kappa shape index (κ2) is 20.3. The van der Waals surface area contributed by atoms with Crippen LogP contribution < -0.4 is 27.0 Å². The van der Waals surface area contributed by atoms with Gasteiger partial charge in [0.05, 0.1) is 6.67 Å². The molecule has 7 nitrogen and oxygen atoms in total. The lowest BCUT2D eigenvalue weighted by Crippen LogP contribution is -2.36. The summed E-state index contributed by atoms with van der Waals surface area (Å²) in [5, 5.41) is 12.8. The Kier molecular flexibility index (Phi) is 18.9. The van der Waals surface area contributed by atoms with Gasteiger partial charge in [-0.1, -0.05) is 47.6 Å². The van der Waals surface area contributed by atoms with Crippen molar-refractivity contribution in [3.8, 4) is 0 Å². The minimum atomic E-state index is -2.65. The zero-order valence-electron chi connectivity index (χ0n) is 24.6. The highest BCUT2D eigenvalue weighted by atomic mass is 19.3. The molecular weight excluding hydrogens is 486 g/mol. The second-order valence-electron chi connectivity index (χ2n) is 8.61. The average Bonchev–Trinajstić information content (AvgIpc) is 3.42. The first-order valence-corrected chi connectivity index (χ1v) is 14.0. The van der Waals surface area contributed by atoms with E-state index in [0.717, 1.165) is 37.2 Å². The summed E-state index contributed by atoms with van der Waals surface area (Å²) in [4.78, 5) is 13.9. The van der Waals surface area contributed by atoms with Gasteiger partial charge in [-0.2, -0.15) is 0 Å². The zero-order chi connectivity index (χ0) is 29.1. The molecule has 1 aromatic carbocycles. The maximum absolute atomic E-state index is 14.0. The van der Waals surface area contributed by atoms with Gasteiger partial charge in [0.2, 0.25) is 5.91 Å². The van der Waals surface area contributed by atoms with E-state index in [4.69, 9.17) is 5.73 Å². The number of hydrogen-bond donors (Lipinski definition) is 5. The third-order valence-corrected chi connectivity index (χ3v) is 5.97. The lowest BCUT2D eigenvalue weighted by atomic mass is 9.94. The van der Waals surface area contributed by atoms with Gasteiger partial charge in [-0.15, -0.1) is 0 Å². The fraction of sp³-hybridized carbons (Fsp3) is 0.621. The van der Waals surface area contributed by atoms with E-state index >= 15 is 0 Å². The van der Waals surface area contributed by atoms with Gasteiger partial charge >= 0.3 is 0 Å². The Bertz CT molecular complexity index is 854. The number of hydrogen-bond acceptors (Lipinski definition) is 6. The monoisotopic (exact) mass is 538 g/mol. The number of carbonyl (C=O) groups excluding carboxylic acids is 1. The number of alkyl halides is 2. The number of nitrogens with two attached hydrogens (primary N) is 1. The Labute approximate surface area is 229 Å². The van der Waals surface area contributed by atoms with Crippen LogP contribution in [0.4, 0.5) is 14.5 Å². The Balaban J connectivity index is 0.00000326. The number of benzene rings is 1. The van der Waals surface area contributed by atoms with Crippen molar-refractivity contribution in [2.45, 2.75) is 79.7 Å². The summed E-state index contributed by atoms with van der Waals surface area (Å²) >= 11 is 0. The van der Waals surface area contributed by atoms with Crippen molar-refractivity contribution in [2.24, 2.45) is 5.73 Å². The Morgan fingerprint density at radius 1 is 1.29 bits per heavy atom. The summed E-state index contributed by atoms with van der Waals surface area (Å²) in [5.74, 6) is -0.0899. The van der Waals surface area contributed by atoms with Crippen molar-refractivity contribution < 1.29 is 13.6 Å². The van der Waals surface area contributed by atoms with Gasteiger partial charge in [0, 0.05) is 69.2 Å². The SMILES string of the molecule is C=C(CCN(CNc1cc(C(F)F)c(/C(=C/NC)CN)cc1CCC)C(C)=O)NC1CCNC1.CC.CC. The van der Waals surface area contributed by atoms with E-state index in [1.54, 1.807) is 24.2 Å². The van der Waals surface area contributed by atoms with E-state index in [1.807, 2.05) is 34.6 Å². The maximum Gasteiger partial charge on any atom is 0.264 e. The highest BCUT2D eigenvalue weighted by Gasteiger charge is 2.20. The fourth-order valence-corrected chi connectivity index (χ4v) is 4.12. The van der Waals surface area contributed by atoms with Crippen LogP contribution in [0.2, 0.25) is 0 Å². The van der Waals surface area contributed by atoms with E-state index in [1.165, 1.54) is 13.0 Å². The number of anilines is 1. The summed E-state index contributed by atoms with van der Waals surface area (Å²) in [6.07, 6.45) is 2.25. The molecular formula is C29H52F2N6O. The zero-order valence-corrected chi connectivity index (χ0v) is 24.6. The Morgan fingerprint density at radius 2 is 1.97 bits per heavy atom. The third kappa shape index (κ3) is 11.8. The highest BCUT2D eigenvalue weighted by molar-refractivity contribution is 5.75. The van der Waals surface area contributed by atoms with Gasteiger partial charge in [-0.3, -0.25) is 4.79 Å².